The van der Waals surface area contributed by atoms with Gasteiger partial charge >= 0.3 is 6.03 Å². The van der Waals surface area contributed by atoms with Gasteiger partial charge in [0.25, 0.3) is 0 Å². The summed E-state index contributed by atoms with van der Waals surface area (Å²) < 4.78 is 5.76. The lowest BCUT2D eigenvalue weighted by Crippen LogP contribution is -2.39. The number of benzene rings is 2. The molecule has 0 aromatic heterocycles. The van der Waals surface area contributed by atoms with Crippen molar-refractivity contribution in [3.63, 3.8) is 0 Å². The van der Waals surface area contributed by atoms with Crippen LogP contribution in [0.15, 0.2) is 30.3 Å². The van der Waals surface area contributed by atoms with Crippen molar-refractivity contribution >= 4 is 34.7 Å². The minimum absolute atomic E-state index is 0.165. The molecule has 0 saturated heterocycles. The van der Waals surface area contributed by atoms with Gasteiger partial charge in [-0.3, -0.25) is 20.5 Å². The number of hydrogen-bond acceptors (Lipinski definition) is 3. The molecule has 0 saturated carbocycles. The molecule has 2 rings (SSSR count). The molecule has 0 spiro atoms. The van der Waals surface area contributed by atoms with Crippen LogP contribution in [-0.4, -0.2) is 19.2 Å². The van der Waals surface area contributed by atoms with Crippen molar-refractivity contribution in [2.24, 2.45) is 0 Å². The summed E-state index contributed by atoms with van der Waals surface area (Å²) in [4.78, 5) is 18.4. The number of carbonyl (C=O) groups excluding carboxylic acids is 1. The maximum absolute atomic E-state index is 11.9. The lowest BCUT2D eigenvalue weighted by molar-refractivity contribution is 0.242. The van der Waals surface area contributed by atoms with Gasteiger partial charge in [0.15, 0.2) is 11.4 Å². The first-order chi connectivity index (χ1) is 13.9. The molecule has 0 bridgehead atoms. The summed E-state index contributed by atoms with van der Waals surface area (Å²) in [5.41, 5.74) is 8.11. The number of hydrogen-bond donors (Lipinski definition) is 3. The third-order valence-corrected chi connectivity index (χ3v) is 4.37. The molecule has 0 aliphatic carbocycles. The Morgan fingerprint density at radius 1 is 1.10 bits per heavy atom. The molecule has 7 nitrogen and oxygen atoms in total. The number of unbranched alkanes of at least 4 members (excludes halogenated alkanes) is 1. The van der Waals surface area contributed by atoms with E-state index in [1.165, 1.54) is 17.7 Å². The molecule has 0 aliphatic rings. The summed E-state index contributed by atoms with van der Waals surface area (Å²) in [6, 6.07) is 8.46. The van der Waals surface area contributed by atoms with Crippen LogP contribution in [0.3, 0.4) is 0 Å². The van der Waals surface area contributed by atoms with Crippen LogP contribution in [0.4, 0.5) is 21.9 Å². The third-order valence-electron chi connectivity index (χ3n) is 4.06. The lowest BCUT2D eigenvalue weighted by Gasteiger charge is -2.12. The van der Waals surface area contributed by atoms with E-state index in [1.54, 1.807) is 0 Å². The number of ether oxygens (including phenoxy) is 1. The van der Waals surface area contributed by atoms with Gasteiger partial charge in [-0.05, 0) is 50.5 Å². The van der Waals surface area contributed by atoms with Crippen LogP contribution in [0, 0.1) is 27.0 Å². The Bertz CT molecular complexity index is 963. The Labute approximate surface area is 175 Å². The highest BCUT2D eigenvalue weighted by atomic mass is 35.5. The van der Waals surface area contributed by atoms with E-state index in [2.05, 4.69) is 31.9 Å². The number of nitrogens with zero attached hydrogens (tertiary/aromatic N) is 2. The topological polar surface area (TPSA) is 71.1 Å². The molecule has 0 radical (unpaired) electrons. The molecule has 2 aromatic carbocycles. The number of amides is 2. The Balaban J connectivity index is 1.68. The van der Waals surface area contributed by atoms with Crippen LogP contribution in [0.1, 0.15) is 24.0 Å². The number of rotatable bonds is 8. The highest BCUT2D eigenvalue weighted by Gasteiger charge is 2.09. The zero-order valence-electron chi connectivity index (χ0n) is 16.3. The van der Waals surface area contributed by atoms with Crippen molar-refractivity contribution in [2.45, 2.75) is 26.7 Å². The van der Waals surface area contributed by atoms with Crippen molar-refractivity contribution in [1.29, 1.82) is 0 Å². The van der Waals surface area contributed by atoms with Gasteiger partial charge in [0.2, 0.25) is 0 Å². The maximum atomic E-state index is 11.9. The predicted octanol–water partition coefficient (Wildman–Crippen LogP) is 5.54. The van der Waals surface area contributed by atoms with Crippen molar-refractivity contribution < 1.29 is 9.53 Å². The van der Waals surface area contributed by atoms with E-state index in [4.69, 9.17) is 29.5 Å². The monoisotopic (exact) mass is 411 g/mol. The number of halogens is 1. The Kier molecular flexibility index (Phi) is 8.14. The van der Waals surface area contributed by atoms with E-state index in [0.717, 1.165) is 24.2 Å². The van der Waals surface area contributed by atoms with Gasteiger partial charge in [-0.2, -0.15) is 0 Å². The standard InChI is InChI=1S/C21H22ClN5O2/c1-14-7-8-20(15(2)11-14)29-10-6-5-9-25-21(28)27-26-17-13-19(24-4)18(23-3)12-16(17)22/h7-8,11-13,26H,5-6,9-10H2,1-2H3,(H2,25,27,28). The van der Waals surface area contributed by atoms with Crippen LogP contribution in [0.25, 0.3) is 9.69 Å². The largest absolute Gasteiger partial charge is 0.493 e. The predicted molar refractivity (Wildman–Crippen MR) is 115 cm³/mol. The number of anilines is 1. The molecule has 29 heavy (non-hydrogen) atoms. The molecule has 0 aliphatic heterocycles. The van der Waals surface area contributed by atoms with Gasteiger partial charge in [-0.15, -0.1) is 0 Å². The number of carbonyl (C=O) groups is 1. The molecule has 0 atom stereocenters. The van der Waals surface area contributed by atoms with E-state index in [0.29, 0.717) is 18.8 Å². The highest BCUT2D eigenvalue weighted by molar-refractivity contribution is 6.33. The molecular weight excluding hydrogens is 390 g/mol. The van der Waals surface area contributed by atoms with Crippen molar-refractivity contribution in [3.8, 4) is 5.75 Å². The summed E-state index contributed by atoms with van der Waals surface area (Å²) in [5, 5.41) is 2.96. The van der Waals surface area contributed by atoms with Gasteiger partial charge in [-0.25, -0.2) is 4.79 Å². The molecule has 0 unspecified atom stereocenters. The normalized spacial score (nSPS) is 9.83. The lowest BCUT2D eigenvalue weighted by atomic mass is 10.1. The van der Waals surface area contributed by atoms with Crippen molar-refractivity contribution in [3.05, 3.63) is 69.3 Å². The summed E-state index contributed by atoms with van der Waals surface area (Å²) in [6.45, 7) is 19.3. The fourth-order valence-corrected chi connectivity index (χ4v) is 2.77. The summed E-state index contributed by atoms with van der Waals surface area (Å²) >= 11 is 6.06. The van der Waals surface area contributed by atoms with E-state index < -0.39 is 6.03 Å². The second kappa shape index (κ2) is 10.8. The Morgan fingerprint density at radius 2 is 1.83 bits per heavy atom. The third kappa shape index (κ3) is 6.60. The van der Waals surface area contributed by atoms with Gasteiger partial charge < -0.3 is 10.1 Å². The fraction of sp³-hybridized carbons (Fsp3) is 0.286. The average Bonchev–Trinajstić information content (AvgIpc) is 2.70. The molecule has 8 heteroatoms. The summed E-state index contributed by atoms with van der Waals surface area (Å²) in [6.07, 6.45) is 1.57. The van der Waals surface area contributed by atoms with E-state index in [9.17, 15) is 4.79 Å². The van der Waals surface area contributed by atoms with Gasteiger partial charge in [0.05, 0.1) is 30.5 Å². The zero-order valence-corrected chi connectivity index (χ0v) is 17.1. The first-order valence-corrected chi connectivity index (χ1v) is 9.40. The van der Waals surface area contributed by atoms with Gasteiger partial charge in [-0.1, -0.05) is 29.3 Å². The van der Waals surface area contributed by atoms with E-state index in [-0.39, 0.29) is 16.4 Å². The van der Waals surface area contributed by atoms with E-state index in [1.807, 2.05) is 26.0 Å². The quantitative estimate of drug-likeness (QED) is 0.303. The number of urea groups is 1. The SMILES string of the molecule is [C-]#[N+]c1cc(Cl)c(NNC(=O)NCCCCOc2ccc(C)cc2C)cc1[N+]#[C-]. The number of nitrogens with one attached hydrogen (secondary N) is 3. The van der Waals surface area contributed by atoms with Gasteiger partial charge in [0, 0.05) is 6.54 Å². The smallest absolute Gasteiger partial charge is 0.333 e. The number of hydrazine groups is 1. The molecule has 2 amide bonds. The fourth-order valence-electron chi connectivity index (χ4n) is 2.57. The molecule has 150 valence electrons. The Hall–Kier alpha value is -3.42. The minimum Gasteiger partial charge on any atom is -0.493 e. The second-order valence-corrected chi connectivity index (χ2v) is 6.78. The summed E-state index contributed by atoms with van der Waals surface area (Å²) in [5.74, 6) is 0.880. The highest BCUT2D eigenvalue weighted by Crippen LogP contribution is 2.36. The number of aryl methyl sites for hydroxylation is 2. The maximum Gasteiger partial charge on any atom is 0.333 e. The minimum atomic E-state index is -0.421. The molecule has 3 N–H and O–H groups in total. The first-order valence-electron chi connectivity index (χ1n) is 9.03. The Morgan fingerprint density at radius 3 is 2.52 bits per heavy atom. The average molecular weight is 412 g/mol. The van der Waals surface area contributed by atoms with Crippen molar-refractivity contribution in [1.82, 2.24) is 10.7 Å². The molecule has 0 fully saturated rings. The second-order valence-electron chi connectivity index (χ2n) is 6.37. The molecule has 2 aromatic rings. The van der Waals surface area contributed by atoms with Crippen LogP contribution < -0.4 is 20.9 Å². The van der Waals surface area contributed by atoms with Crippen LogP contribution in [-0.2, 0) is 0 Å². The van der Waals surface area contributed by atoms with Gasteiger partial charge in [0.1, 0.15) is 5.75 Å². The molecular formula is C21H22ClN5O2. The van der Waals surface area contributed by atoms with Crippen molar-refractivity contribution in [2.75, 3.05) is 18.6 Å². The van der Waals surface area contributed by atoms with Crippen LogP contribution in [0.2, 0.25) is 5.02 Å². The molecule has 0 heterocycles. The first kappa shape index (κ1) is 21.9. The summed E-state index contributed by atoms with van der Waals surface area (Å²) in [7, 11) is 0. The van der Waals surface area contributed by atoms with Crippen LogP contribution in [0.5, 0.6) is 5.75 Å². The van der Waals surface area contributed by atoms with Crippen LogP contribution >= 0.6 is 11.6 Å². The zero-order chi connectivity index (χ0) is 21.2. The van der Waals surface area contributed by atoms with E-state index >= 15 is 0 Å².